The Bertz CT molecular complexity index is 428. The van der Waals surface area contributed by atoms with Crippen LogP contribution in [0.4, 0.5) is 5.82 Å². The van der Waals surface area contributed by atoms with Crippen LogP contribution < -0.4 is 5.32 Å². The summed E-state index contributed by atoms with van der Waals surface area (Å²) >= 11 is 3.45. The lowest BCUT2D eigenvalue weighted by Gasteiger charge is -2.24. The van der Waals surface area contributed by atoms with Gasteiger partial charge in [-0.25, -0.2) is 9.97 Å². The summed E-state index contributed by atoms with van der Waals surface area (Å²) < 4.78 is 6.30. The van der Waals surface area contributed by atoms with Gasteiger partial charge in [0, 0.05) is 18.6 Å². The summed E-state index contributed by atoms with van der Waals surface area (Å²) in [7, 11) is 0. The van der Waals surface area contributed by atoms with Gasteiger partial charge in [-0.15, -0.1) is 0 Å². The predicted octanol–water partition coefficient (Wildman–Crippen LogP) is 2.71. The number of nitrogens with one attached hydrogen (secondary N) is 1. The van der Waals surface area contributed by atoms with E-state index in [0.717, 1.165) is 35.9 Å². The summed E-state index contributed by atoms with van der Waals surface area (Å²) in [4.78, 5) is 9.02. The zero-order chi connectivity index (χ0) is 11.9. The molecule has 2 fully saturated rings. The van der Waals surface area contributed by atoms with Crippen LogP contribution in [0.15, 0.2) is 10.7 Å². The molecular weight excluding hydrogens is 282 g/mol. The third kappa shape index (κ3) is 2.60. The molecule has 1 unspecified atom stereocenters. The maximum absolute atomic E-state index is 5.43. The molecule has 4 nitrogen and oxygen atoms in total. The Morgan fingerprint density at radius 3 is 2.94 bits per heavy atom. The van der Waals surface area contributed by atoms with Gasteiger partial charge >= 0.3 is 0 Å². The number of hydrogen-bond donors (Lipinski definition) is 1. The Labute approximate surface area is 109 Å². The lowest BCUT2D eigenvalue weighted by molar-refractivity contribution is 0.185. The van der Waals surface area contributed by atoms with Crippen molar-refractivity contribution in [2.24, 2.45) is 0 Å². The van der Waals surface area contributed by atoms with Crippen LogP contribution in [0.2, 0.25) is 0 Å². The van der Waals surface area contributed by atoms with Crippen molar-refractivity contribution in [2.75, 3.05) is 18.5 Å². The van der Waals surface area contributed by atoms with E-state index in [-0.39, 0.29) is 5.54 Å². The molecule has 1 N–H and O–H groups in total. The summed E-state index contributed by atoms with van der Waals surface area (Å²) in [5, 5.41) is 3.48. The Hall–Kier alpha value is -0.680. The maximum atomic E-state index is 5.43. The summed E-state index contributed by atoms with van der Waals surface area (Å²) in [6.45, 7) is 3.74. The van der Waals surface area contributed by atoms with Gasteiger partial charge in [0.2, 0.25) is 0 Å². The van der Waals surface area contributed by atoms with Gasteiger partial charge in [0.25, 0.3) is 0 Å². The van der Waals surface area contributed by atoms with Crippen molar-refractivity contribution in [2.45, 2.75) is 37.6 Å². The molecule has 2 heterocycles. The quantitative estimate of drug-likeness (QED) is 0.872. The van der Waals surface area contributed by atoms with Crippen LogP contribution in [-0.2, 0) is 4.74 Å². The van der Waals surface area contributed by atoms with Crippen LogP contribution in [0.1, 0.15) is 37.9 Å². The van der Waals surface area contributed by atoms with E-state index < -0.39 is 0 Å². The maximum Gasteiger partial charge on any atom is 0.135 e. The average Bonchev–Trinajstić information content (AvgIpc) is 3.02. The predicted molar refractivity (Wildman–Crippen MR) is 69.2 cm³/mol. The summed E-state index contributed by atoms with van der Waals surface area (Å²) in [5.74, 6) is 2.44. The third-order valence-corrected chi connectivity index (χ3v) is 3.71. The van der Waals surface area contributed by atoms with Crippen molar-refractivity contribution in [3.8, 4) is 0 Å². The molecule has 0 aromatic carbocycles. The van der Waals surface area contributed by atoms with Crippen LogP contribution >= 0.6 is 15.9 Å². The van der Waals surface area contributed by atoms with Crippen molar-refractivity contribution in [1.29, 1.82) is 0 Å². The molecule has 2 aliphatic rings. The highest BCUT2D eigenvalue weighted by molar-refractivity contribution is 9.10. The van der Waals surface area contributed by atoms with E-state index >= 15 is 0 Å². The summed E-state index contributed by atoms with van der Waals surface area (Å²) in [6, 6.07) is 1.94. The third-order valence-electron chi connectivity index (χ3n) is 3.30. The fraction of sp³-hybridized carbons (Fsp3) is 0.667. The molecule has 0 radical (unpaired) electrons. The monoisotopic (exact) mass is 297 g/mol. The van der Waals surface area contributed by atoms with Gasteiger partial charge in [0.05, 0.1) is 12.1 Å². The van der Waals surface area contributed by atoms with Crippen molar-refractivity contribution in [3.05, 3.63) is 16.5 Å². The minimum absolute atomic E-state index is 0.00855. The average molecular weight is 298 g/mol. The lowest BCUT2D eigenvalue weighted by atomic mass is 10.0. The highest BCUT2D eigenvalue weighted by Crippen LogP contribution is 2.39. The molecule has 1 saturated carbocycles. The standard InChI is InChI=1S/C12H16BrN3O/c1-12(4-5-17-7-12)16-10-6-9(13)14-11(15-10)8-2-3-8/h6,8H,2-5,7H2,1H3,(H,14,15,16). The van der Waals surface area contributed by atoms with E-state index in [2.05, 4.69) is 38.1 Å². The highest BCUT2D eigenvalue weighted by atomic mass is 79.9. The van der Waals surface area contributed by atoms with Crippen LogP contribution in [0.3, 0.4) is 0 Å². The van der Waals surface area contributed by atoms with Crippen LogP contribution in [0.25, 0.3) is 0 Å². The first kappa shape index (κ1) is 11.4. The van der Waals surface area contributed by atoms with E-state index in [4.69, 9.17) is 4.74 Å². The molecule has 0 bridgehead atoms. The normalized spacial score (nSPS) is 28.4. The summed E-state index contributed by atoms with van der Waals surface area (Å²) in [5.41, 5.74) is 0.00855. The molecular formula is C12H16BrN3O. The molecule has 1 saturated heterocycles. The number of nitrogens with zero attached hydrogens (tertiary/aromatic N) is 2. The number of rotatable bonds is 3. The molecule has 1 atom stereocenters. The minimum Gasteiger partial charge on any atom is -0.379 e. The van der Waals surface area contributed by atoms with Crippen molar-refractivity contribution in [3.63, 3.8) is 0 Å². The molecule has 1 aliphatic carbocycles. The number of ether oxygens (including phenoxy) is 1. The van der Waals surface area contributed by atoms with Gasteiger partial charge in [-0.1, -0.05) is 0 Å². The molecule has 17 heavy (non-hydrogen) atoms. The molecule has 0 spiro atoms. The van der Waals surface area contributed by atoms with Gasteiger partial charge in [-0.2, -0.15) is 0 Å². The Morgan fingerprint density at radius 2 is 2.29 bits per heavy atom. The molecule has 1 aromatic rings. The second kappa shape index (κ2) is 4.21. The van der Waals surface area contributed by atoms with E-state index in [0.29, 0.717) is 5.92 Å². The van der Waals surface area contributed by atoms with Crippen LogP contribution in [0.5, 0.6) is 0 Å². The van der Waals surface area contributed by atoms with E-state index in [1.807, 2.05) is 6.07 Å². The van der Waals surface area contributed by atoms with Crippen molar-refractivity contribution < 1.29 is 4.74 Å². The van der Waals surface area contributed by atoms with E-state index in [1.54, 1.807) is 0 Å². The molecule has 3 rings (SSSR count). The molecule has 92 valence electrons. The SMILES string of the molecule is CC1(Nc2cc(Br)nc(C3CC3)n2)CCOC1. The Balaban J connectivity index is 1.81. The smallest absolute Gasteiger partial charge is 0.135 e. The molecule has 1 aromatic heterocycles. The van der Waals surface area contributed by atoms with Gasteiger partial charge in [-0.05, 0) is 42.1 Å². The fourth-order valence-electron chi connectivity index (χ4n) is 2.10. The first-order chi connectivity index (χ1) is 8.15. The van der Waals surface area contributed by atoms with Crippen molar-refractivity contribution >= 4 is 21.7 Å². The van der Waals surface area contributed by atoms with Gasteiger partial charge in [-0.3, -0.25) is 0 Å². The number of halogens is 1. The van der Waals surface area contributed by atoms with Gasteiger partial charge in [0.1, 0.15) is 16.2 Å². The zero-order valence-electron chi connectivity index (χ0n) is 9.87. The first-order valence-electron chi connectivity index (χ1n) is 6.05. The molecule has 0 amide bonds. The second-order valence-electron chi connectivity index (χ2n) is 5.20. The number of anilines is 1. The van der Waals surface area contributed by atoms with Gasteiger partial charge < -0.3 is 10.1 Å². The van der Waals surface area contributed by atoms with Crippen LogP contribution in [0, 0.1) is 0 Å². The Kier molecular flexibility index (Phi) is 2.83. The number of aromatic nitrogens is 2. The Morgan fingerprint density at radius 1 is 1.47 bits per heavy atom. The second-order valence-corrected chi connectivity index (χ2v) is 6.01. The molecule has 5 heteroatoms. The topological polar surface area (TPSA) is 47.0 Å². The zero-order valence-corrected chi connectivity index (χ0v) is 11.5. The molecule has 1 aliphatic heterocycles. The number of hydrogen-bond acceptors (Lipinski definition) is 4. The summed E-state index contributed by atoms with van der Waals surface area (Å²) in [6.07, 6.45) is 3.46. The van der Waals surface area contributed by atoms with E-state index in [9.17, 15) is 0 Å². The van der Waals surface area contributed by atoms with Crippen molar-refractivity contribution in [1.82, 2.24) is 9.97 Å². The fourth-order valence-corrected chi connectivity index (χ4v) is 2.50. The largest absolute Gasteiger partial charge is 0.379 e. The van der Waals surface area contributed by atoms with E-state index in [1.165, 1.54) is 12.8 Å². The minimum atomic E-state index is 0.00855. The van der Waals surface area contributed by atoms with Crippen LogP contribution in [-0.4, -0.2) is 28.7 Å². The first-order valence-corrected chi connectivity index (χ1v) is 6.84. The lowest BCUT2D eigenvalue weighted by Crippen LogP contribution is -2.35. The van der Waals surface area contributed by atoms with Gasteiger partial charge in [0.15, 0.2) is 0 Å². The highest BCUT2D eigenvalue weighted by Gasteiger charge is 2.31.